The minimum Gasteiger partial charge on any atom is -0.444 e. The first-order chi connectivity index (χ1) is 10.9. The van der Waals surface area contributed by atoms with Crippen LogP contribution in [0.3, 0.4) is 0 Å². The van der Waals surface area contributed by atoms with E-state index in [1.807, 2.05) is 32.9 Å². The zero-order valence-corrected chi connectivity index (χ0v) is 15.0. The number of ether oxygens (including phenoxy) is 2. The molecule has 1 N–H and O–H groups in total. The average Bonchev–Trinajstić information content (AvgIpc) is 2.92. The third kappa shape index (κ3) is 7.98. The Hall–Kier alpha value is -1.62. The van der Waals surface area contributed by atoms with Gasteiger partial charge in [0.05, 0.1) is 6.61 Å². The molecule has 1 heterocycles. The third-order valence-electron chi connectivity index (χ3n) is 2.85. The molecule has 0 aliphatic rings. The van der Waals surface area contributed by atoms with Crippen LogP contribution in [0.5, 0.6) is 0 Å². The number of methoxy groups -OCH3 is 1. The molecular weight excluding hydrogens is 314 g/mol. The Morgan fingerprint density at radius 2 is 2.13 bits per heavy atom. The van der Waals surface area contributed by atoms with Crippen LogP contribution in [-0.2, 0) is 16.0 Å². The minimum atomic E-state index is -0.513. The molecule has 0 saturated heterocycles. The van der Waals surface area contributed by atoms with Crippen molar-refractivity contribution in [2.45, 2.75) is 32.9 Å². The van der Waals surface area contributed by atoms with Crippen molar-refractivity contribution in [1.82, 2.24) is 10.2 Å². The van der Waals surface area contributed by atoms with Gasteiger partial charge >= 0.3 is 6.09 Å². The zero-order chi connectivity index (χ0) is 17.3. The summed E-state index contributed by atoms with van der Waals surface area (Å²) in [5.41, 5.74) is -0.513. The average molecular weight is 339 g/mol. The summed E-state index contributed by atoms with van der Waals surface area (Å²) in [6, 6.07) is 5.87. The quantitative estimate of drug-likeness (QED) is 0.737. The van der Waals surface area contributed by atoms with E-state index in [1.165, 1.54) is 11.3 Å². The fraction of sp³-hybridized carbons (Fsp3) is 0.625. The van der Waals surface area contributed by atoms with Crippen molar-refractivity contribution >= 4 is 17.4 Å². The van der Waals surface area contributed by atoms with Gasteiger partial charge in [-0.15, -0.1) is 11.3 Å². The first-order valence-electron chi connectivity index (χ1n) is 7.52. The molecule has 1 amide bonds. The molecule has 1 aromatic heterocycles. The summed E-state index contributed by atoms with van der Waals surface area (Å²) in [6.07, 6.45) is -0.334. The highest BCUT2D eigenvalue weighted by Crippen LogP contribution is 2.14. The molecule has 0 atom stereocenters. The van der Waals surface area contributed by atoms with Crippen molar-refractivity contribution in [3.05, 3.63) is 21.9 Å². The summed E-state index contributed by atoms with van der Waals surface area (Å²) in [4.78, 5) is 15.6. The minimum absolute atomic E-state index is 0.334. The van der Waals surface area contributed by atoms with E-state index in [9.17, 15) is 4.79 Å². The van der Waals surface area contributed by atoms with Crippen LogP contribution in [0.4, 0.5) is 4.79 Å². The molecule has 0 radical (unpaired) electrons. The molecule has 0 saturated carbocycles. The second-order valence-electron chi connectivity index (χ2n) is 6.01. The van der Waals surface area contributed by atoms with Crippen molar-refractivity contribution in [1.29, 1.82) is 5.26 Å². The summed E-state index contributed by atoms with van der Waals surface area (Å²) in [7, 11) is 1.61. The normalized spacial score (nSPS) is 11.1. The topological polar surface area (TPSA) is 74.6 Å². The number of rotatable bonds is 8. The predicted octanol–water partition coefficient (Wildman–Crippen LogP) is 2.59. The molecule has 6 nitrogen and oxygen atoms in total. The van der Waals surface area contributed by atoms with E-state index < -0.39 is 5.60 Å². The van der Waals surface area contributed by atoms with Crippen LogP contribution in [0.25, 0.3) is 0 Å². The van der Waals surface area contributed by atoms with Crippen molar-refractivity contribution in [3.8, 4) is 6.07 Å². The number of amides is 1. The highest BCUT2D eigenvalue weighted by Gasteiger charge is 2.21. The second-order valence-corrected chi connectivity index (χ2v) is 7.18. The van der Waals surface area contributed by atoms with E-state index in [2.05, 4.69) is 11.4 Å². The fourth-order valence-electron chi connectivity index (χ4n) is 1.78. The van der Waals surface area contributed by atoms with Crippen molar-refractivity contribution in [2.75, 3.05) is 33.4 Å². The second kappa shape index (κ2) is 9.50. The number of hydrogen-bond donors (Lipinski definition) is 1. The van der Waals surface area contributed by atoms with Gasteiger partial charge in [-0.2, -0.15) is 5.26 Å². The molecule has 23 heavy (non-hydrogen) atoms. The number of nitrogens with zero attached hydrogens (tertiary/aromatic N) is 2. The maximum absolute atomic E-state index is 12.2. The lowest BCUT2D eigenvalue weighted by molar-refractivity contribution is 0.0204. The van der Waals surface area contributed by atoms with Gasteiger partial charge in [0.2, 0.25) is 0 Å². The van der Waals surface area contributed by atoms with Crippen LogP contribution >= 0.6 is 11.3 Å². The summed E-state index contributed by atoms with van der Waals surface area (Å²) >= 11 is 1.47. The highest BCUT2D eigenvalue weighted by molar-refractivity contribution is 7.12. The molecule has 0 unspecified atom stereocenters. The van der Waals surface area contributed by atoms with E-state index in [4.69, 9.17) is 14.7 Å². The van der Waals surface area contributed by atoms with E-state index in [0.29, 0.717) is 37.7 Å². The predicted molar refractivity (Wildman–Crippen MR) is 90.4 cm³/mol. The molecule has 0 aromatic carbocycles. The van der Waals surface area contributed by atoms with E-state index in [1.54, 1.807) is 12.0 Å². The fourth-order valence-corrected chi connectivity index (χ4v) is 2.56. The van der Waals surface area contributed by atoms with Crippen molar-refractivity contribution in [2.24, 2.45) is 0 Å². The third-order valence-corrected chi connectivity index (χ3v) is 3.84. The first kappa shape index (κ1) is 19.4. The standard InChI is InChI=1S/C16H25N3O3S/c1-16(2,3)22-15(20)19(9-10-21-4)8-7-18-12-14-6-5-13(11-17)23-14/h5-6,18H,7-10,12H2,1-4H3. The number of nitrogens with one attached hydrogen (secondary N) is 1. The van der Waals surface area contributed by atoms with E-state index in [-0.39, 0.29) is 6.09 Å². The lowest BCUT2D eigenvalue weighted by atomic mass is 10.2. The Morgan fingerprint density at radius 3 is 2.70 bits per heavy atom. The van der Waals surface area contributed by atoms with Gasteiger partial charge in [0.15, 0.2) is 0 Å². The smallest absolute Gasteiger partial charge is 0.410 e. The van der Waals surface area contributed by atoms with E-state index >= 15 is 0 Å². The van der Waals surface area contributed by atoms with Crippen LogP contribution in [-0.4, -0.2) is 49.9 Å². The molecule has 1 rings (SSSR count). The van der Waals surface area contributed by atoms with Crippen LogP contribution in [0, 0.1) is 11.3 Å². The van der Waals surface area contributed by atoms with Gasteiger partial charge in [0.1, 0.15) is 16.5 Å². The van der Waals surface area contributed by atoms with Gasteiger partial charge in [-0.1, -0.05) is 0 Å². The van der Waals surface area contributed by atoms with Gasteiger partial charge in [-0.25, -0.2) is 4.79 Å². The zero-order valence-electron chi connectivity index (χ0n) is 14.2. The number of nitriles is 1. The largest absolute Gasteiger partial charge is 0.444 e. The summed E-state index contributed by atoms with van der Waals surface area (Å²) in [5, 5.41) is 12.1. The molecule has 0 fully saturated rings. The van der Waals surface area contributed by atoms with Gasteiger partial charge in [0.25, 0.3) is 0 Å². The maximum atomic E-state index is 12.2. The molecule has 0 bridgehead atoms. The molecule has 128 valence electrons. The van der Waals surface area contributed by atoms with Gasteiger partial charge in [-0.3, -0.25) is 0 Å². The van der Waals surface area contributed by atoms with Gasteiger partial charge < -0.3 is 19.7 Å². The Morgan fingerprint density at radius 1 is 1.39 bits per heavy atom. The van der Waals surface area contributed by atoms with Crippen LogP contribution in [0.2, 0.25) is 0 Å². The van der Waals surface area contributed by atoms with Crippen LogP contribution < -0.4 is 5.32 Å². The van der Waals surface area contributed by atoms with Gasteiger partial charge in [-0.05, 0) is 32.9 Å². The number of carbonyl (C=O) groups excluding carboxylic acids is 1. The van der Waals surface area contributed by atoms with Crippen molar-refractivity contribution < 1.29 is 14.3 Å². The summed E-state index contributed by atoms with van der Waals surface area (Å²) < 4.78 is 10.4. The Balaban J connectivity index is 2.41. The summed E-state index contributed by atoms with van der Waals surface area (Å²) in [6.45, 7) is 8.36. The molecule has 1 aromatic rings. The lowest BCUT2D eigenvalue weighted by Crippen LogP contribution is -2.42. The van der Waals surface area contributed by atoms with Crippen molar-refractivity contribution in [3.63, 3.8) is 0 Å². The highest BCUT2D eigenvalue weighted by atomic mass is 32.1. The lowest BCUT2D eigenvalue weighted by Gasteiger charge is -2.27. The molecule has 0 spiro atoms. The SMILES string of the molecule is COCCN(CCNCc1ccc(C#N)s1)C(=O)OC(C)(C)C. The maximum Gasteiger partial charge on any atom is 0.410 e. The van der Waals surface area contributed by atoms with Crippen LogP contribution in [0.15, 0.2) is 12.1 Å². The first-order valence-corrected chi connectivity index (χ1v) is 8.34. The Labute approximate surface area is 142 Å². The Bertz CT molecular complexity index is 531. The molecule has 0 aliphatic carbocycles. The molecule has 7 heteroatoms. The molecular formula is C16H25N3O3S. The summed E-state index contributed by atoms with van der Waals surface area (Å²) in [5.74, 6) is 0. The monoisotopic (exact) mass is 339 g/mol. The number of thiophene rings is 1. The molecule has 0 aliphatic heterocycles. The number of carbonyl (C=O) groups is 1. The van der Waals surface area contributed by atoms with Gasteiger partial charge in [0, 0.05) is 38.2 Å². The Kier molecular flexibility index (Phi) is 8.03. The van der Waals surface area contributed by atoms with E-state index in [0.717, 1.165) is 4.88 Å². The van der Waals surface area contributed by atoms with Crippen LogP contribution in [0.1, 0.15) is 30.5 Å². The number of hydrogen-bond acceptors (Lipinski definition) is 6.